The van der Waals surface area contributed by atoms with E-state index in [0.29, 0.717) is 12.0 Å². The van der Waals surface area contributed by atoms with Crippen LogP contribution in [0.15, 0.2) is 6.33 Å². The molecule has 2 aliphatic carbocycles. The molecule has 21 heavy (non-hydrogen) atoms. The molecule has 0 aliphatic heterocycles. The van der Waals surface area contributed by atoms with E-state index in [0.717, 1.165) is 33.0 Å². The SMILES string of the molecule is Cc1c(C(=O)NCC2CC2)sc2ncnc(NC3CC3)c12. The molecular weight excluding hydrogens is 284 g/mol. The lowest BCUT2D eigenvalue weighted by molar-refractivity contribution is 0.0955. The number of amides is 1. The zero-order valence-electron chi connectivity index (χ0n) is 12.0. The molecule has 1 amide bonds. The predicted molar refractivity (Wildman–Crippen MR) is 83.9 cm³/mol. The molecular formula is C15H18N4OS. The number of aromatic nitrogens is 2. The van der Waals surface area contributed by atoms with E-state index in [-0.39, 0.29) is 5.91 Å². The predicted octanol–water partition coefficient (Wildman–Crippen LogP) is 2.71. The first-order valence-electron chi connectivity index (χ1n) is 7.51. The summed E-state index contributed by atoms with van der Waals surface area (Å²) in [5, 5.41) is 7.48. The molecule has 4 rings (SSSR count). The summed E-state index contributed by atoms with van der Waals surface area (Å²) in [4.78, 5) is 22.7. The molecule has 0 bridgehead atoms. The van der Waals surface area contributed by atoms with Crippen molar-refractivity contribution in [3.05, 3.63) is 16.8 Å². The third-order valence-electron chi connectivity index (χ3n) is 4.10. The Morgan fingerprint density at radius 3 is 2.86 bits per heavy atom. The van der Waals surface area contributed by atoms with Gasteiger partial charge in [0.05, 0.1) is 10.3 Å². The van der Waals surface area contributed by atoms with E-state index in [1.165, 1.54) is 37.0 Å². The number of nitrogens with zero attached hydrogens (tertiary/aromatic N) is 2. The molecule has 0 atom stereocenters. The molecule has 0 spiro atoms. The van der Waals surface area contributed by atoms with Crippen molar-refractivity contribution in [3.63, 3.8) is 0 Å². The zero-order chi connectivity index (χ0) is 14.4. The molecule has 0 unspecified atom stereocenters. The van der Waals surface area contributed by atoms with Gasteiger partial charge in [-0.05, 0) is 44.1 Å². The van der Waals surface area contributed by atoms with Crippen LogP contribution in [0, 0.1) is 12.8 Å². The topological polar surface area (TPSA) is 66.9 Å². The van der Waals surface area contributed by atoms with Crippen molar-refractivity contribution in [2.24, 2.45) is 5.92 Å². The second-order valence-corrected chi connectivity index (χ2v) is 7.03. The van der Waals surface area contributed by atoms with Crippen molar-refractivity contribution >= 4 is 33.3 Å². The van der Waals surface area contributed by atoms with E-state index in [2.05, 4.69) is 20.6 Å². The summed E-state index contributed by atoms with van der Waals surface area (Å²) in [5.74, 6) is 1.59. The lowest BCUT2D eigenvalue weighted by Crippen LogP contribution is -2.25. The number of thiophene rings is 1. The largest absolute Gasteiger partial charge is 0.367 e. The quantitative estimate of drug-likeness (QED) is 0.891. The highest BCUT2D eigenvalue weighted by Gasteiger charge is 2.26. The smallest absolute Gasteiger partial charge is 0.261 e. The molecule has 0 aromatic carbocycles. The number of carbonyl (C=O) groups excluding carboxylic acids is 1. The van der Waals surface area contributed by atoms with Gasteiger partial charge in [0.2, 0.25) is 0 Å². The molecule has 2 N–H and O–H groups in total. The minimum absolute atomic E-state index is 0.0276. The molecule has 2 aromatic rings. The van der Waals surface area contributed by atoms with Crippen LogP contribution in [0.1, 0.15) is 40.9 Å². The highest BCUT2D eigenvalue weighted by atomic mass is 32.1. The molecule has 2 heterocycles. The number of fused-ring (bicyclic) bond motifs is 1. The normalized spacial score (nSPS) is 18.0. The van der Waals surface area contributed by atoms with Crippen LogP contribution in [0.25, 0.3) is 10.2 Å². The molecule has 2 aliphatic rings. The molecule has 0 radical (unpaired) electrons. The number of aryl methyl sites for hydroxylation is 1. The van der Waals surface area contributed by atoms with Crippen molar-refractivity contribution in [1.29, 1.82) is 0 Å². The Balaban J connectivity index is 1.65. The maximum Gasteiger partial charge on any atom is 0.261 e. The summed E-state index contributed by atoms with van der Waals surface area (Å²) in [6, 6.07) is 0.537. The Morgan fingerprint density at radius 1 is 1.33 bits per heavy atom. The Labute approximate surface area is 127 Å². The molecule has 2 fully saturated rings. The third kappa shape index (κ3) is 2.60. The van der Waals surface area contributed by atoms with Crippen molar-refractivity contribution in [2.45, 2.75) is 38.6 Å². The van der Waals surface area contributed by atoms with Gasteiger partial charge in [-0.1, -0.05) is 0 Å². The van der Waals surface area contributed by atoms with Crippen LogP contribution >= 0.6 is 11.3 Å². The zero-order valence-corrected chi connectivity index (χ0v) is 12.8. The highest BCUT2D eigenvalue weighted by Crippen LogP contribution is 2.35. The van der Waals surface area contributed by atoms with Gasteiger partial charge in [-0.25, -0.2) is 9.97 Å². The number of hydrogen-bond donors (Lipinski definition) is 2. The summed E-state index contributed by atoms with van der Waals surface area (Å²) in [6.07, 6.45) is 6.46. The minimum atomic E-state index is 0.0276. The van der Waals surface area contributed by atoms with Gasteiger partial charge in [0.1, 0.15) is 17.0 Å². The van der Waals surface area contributed by atoms with Gasteiger partial charge in [-0.15, -0.1) is 11.3 Å². The average Bonchev–Trinajstić information content (AvgIpc) is 3.38. The van der Waals surface area contributed by atoms with Crippen molar-refractivity contribution in [1.82, 2.24) is 15.3 Å². The van der Waals surface area contributed by atoms with Crippen LogP contribution in [-0.4, -0.2) is 28.5 Å². The van der Waals surface area contributed by atoms with E-state index in [9.17, 15) is 4.79 Å². The Hall–Kier alpha value is -1.69. The summed E-state index contributed by atoms with van der Waals surface area (Å²) in [5.41, 5.74) is 0.993. The van der Waals surface area contributed by atoms with Gasteiger partial charge >= 0.3 is 0 Å². The van der Waals surface area contributed by atoms with Crippen LogP contribution in [0.4, 0.5) is 5.82 Å². The average molecular weight is 302 g/mol. The maximum atomic E-state index is 12.3. The van der Waals surface area contributed by atoms with Gasteiger partial charge < -0.3 is 10.6 Å². The fourth-order valence-corrected chi connectivity index (χ4v) is 3.52. The number of hydrogen-bond acceptors (Lipinski definition) is 5. The first-order chi connectivity index (χ1) is 10.2. The first-order valence-corrected chi connectivity index (χ1v) is 8.33. The van der Waals surface area contributed by atoms with E-state index < -0.39 is 0 Å². The minimum Gasteiger partial charge on any atom is -0.367 e. The van der Waals surface area contributed by atoms with Gasteiger partial charge in [-0.2, -0.15) is 0 Å². The Morgan fingerprint density at radius 2 is 2.14 bits per heavy atom. The fraction of sp³-hybridized carbons (Fsp3) is 0.533. The maximum absolute atomic E-state index is 12.3. The van der Waals surface area contributed by atoms with Gasteiger partial charge in [-0.3, -0.25) is 4.79 Å². The monoisotopic (exact) mass is 302 g/mol. The van der Waals surface area contributed by atoms with Crippen molar-refractivity contribution in [3.8, 4) is 0 Å². The summed E-state index contributed by atoms with van der Waals surface area (Å²) in [6.45, 7) is 2.79. The van der Waals surface area contributed by atoms with Crippen LogP contribution in [0.5, 0.6) is 0 Å². The van der Waals surface area contributed by atoms with E-state index in [4.69, 9.17) is 0 Å². The molecule has 0 saturated heterocycles. The van der Waals surface area contributed by atoms with E-state index >= 15 is 0 Å². The molecule has 2 saturated carbocycles. The van der Waals surface area contributed by atoms with Crippen LogP contribution in [-0.2, 0) is 0 Å². The standard InChI is InChI=1S/C15H18N4OS/c1-8-11-13(19-10-4-5-10)17-7-18-15(11)21-12(8)14(20)16-6-9-2-3-9/h7,9-10H,2-6H2,1H3,(H,16,20)(H,17,18,19). The molecule has 6 heteroatoms. The third-order valence-corrected chi connectivity index (χ3v) is 5.30. The molecule has 2 aromatic heterocycles. The molecule has 5 nitrogen and oxygen atoms in total. The van der Waals surface area contributed by atoms with Crippen LogP contribution in [0.2, 0.25) is 0 Å². The van der Waals surface area contributed by atoms with E-state index in [1.807, 2.05) is 6.92 Å². The second kappa shape index (κ2) is 4.94. The van der Waals surface area contributed by atoms with Gasteiger partial charge in [0.15, 0.2) is 0 Å². The lowest BCUT2D eigenvalue weighted by Gasteiger charge is -2.05. The van der Waals surface area contributed by atoms with Crippen LogP contribution < -0.4 is 10.6 Å². The van der Waals surface area contributed by atoms with E-state index in [1.54, 1.807) is 6.33 Å². The first kappa shape index (κ1) is 13.0. The Bertz CT molecular complexity index is 703. The van der Waals surface area contributed by atoms with Crippen molar-refractivity contribution < 1.29 is 4.79 Å². The van der Waals surface area contributed by atoms with Crippen molar-refractivity contribution in [2.75, 3.05) is 11.9 Å². The van der Waals surface area contributed by atoms with Gasteiger partial charge in [0.25, 0.3) is 5.91 Å². The highest BCUT2D eigenvalue weighted by molar-refractivity contribution is 7.20. The number of rotatable bonds is 5. The number of carbonyl (C=O) groups is 1. The van der Waals surface area contributed by atoms with Crippen LogP contribution in [0.3, 0.4) is 0 Å². The molecule has 110 valence electrons. The second-order valence-electron chi connectivity index (χ2n) is 6.03. The van der Waals surface area contributed by atoms with Gasteiger partial charge in [0, 0.05) is 12.6 Å². The fourth-order valence-electron chi connectivity index (χ4n) is 2.46. The lowest BCUT2D eigenvalue weighted by atomic mass is 10.2. The number of nitrogens with one attached hydrogen (secondary N) is 2. The Kier molecular flexibility index (Phi) is 3.06. The summed E-state index contributed by atoms with van der Waals surface area (Å²) >= 11 is 1.46. The summed E-state index contributed by atoms with van der Waals surface area (Å²) in [7, 11) is 0. The summed E-state index contributed by atoms with van der Waals surface area (Å²) < 4.78 is 0. The number of anilines is 1.